The SMILES string of the molecule is CC[C@H]1C(=O)C[C@H](O)[C@@H](C)[C@@H](/C(C)=C/[C@@H]2CC[C@@H](O)[C@H](OC)C2)OC(=O)[C@@H]2CCCCN2C(=O)C(=O)[C@]2(O)O[C@H]([C@@H](OC)C[C@@H](C)CC3(C)OC13)[C@@H](OC)C[C@H]2C. The van der Waals surface area contributed by atoms with Crippen LogP contribution in [-0.4, -0.2) is 138 Å². The molecule has 2 bridgehead atoms. The summed E-state index contributed by atoms with van der Waals surface area (Å²) in [5.41, 5.74) is 0.0521. The third-order valence-corrected chi connectivity index (χ3v) is 13.8. The summed E-state index contributed by atoms with van der Waals surface area (Å²) in [6.45, 7) is 11.2. The number of amides is 1. The number of carbonyl (C=O) groups excluding carboxylic acids is 4. The molecular weight excluding hydrogens is 738 g/mol. The highest BCUT2D eigenvalue weighted by molar-refractivity contribution is 6.39. The maximum Gasteiger partial charge on any atom is 0.329 e. The predicted octanol–water partition coefficient (Wildman–Crippen LogP) is 3.68. The lowest BCUT2D eigenvalue weighted by molar-refractivity contribution is -0.302. The fourth-order valence-electron chi connectivity index (χ4n) is 10.2. The number of piperidine rings is 1. The van der Waals surface area contributed by atoms with Crippen molar-refractivity contribution >= 4 is 23.4 Å². The summed E-state index contributed by atoms with van der Waals surface area (Å²) >= 11 is 0. The van der Waals surface area contributed by atoms with E-state index in [0.717, 1.165) is 0 Å². The molecule has 1 saturated carbocycles. The second-order valence-electron chi connectivity index (χ2n) is 18.0. The van der Waals surface area contributed by atoms with Crippen LogP contribution in [0, 0.1) is 29.6 Å². The van der Waals surface area contributed by atoms with Gasteiger partial charge in [0.05, 0.1) is 42.2 Å². The van der Waals surface area contributed by atoms with Gasteiger partial charge in [0.25, 0.3) is 11.7 Å². The molecule has 0 radical (unpaired) electrons. The van der Waals surface area contributed by atoms with Gasteiger partial charge in [0.15, 0.2) is 0 Å². The lowest BCUT2D eigenvalue weighted by atomic mass is 9.79. The summed E-state index contributed by atoms with van der Waals surface area (Å²) in [6.07, 6.45) is 1.14. The third-order valence-electron chi connectivity index (χ3n) is 13.8. The number of allylic oxidation sites excluding steroid dienone is 1. The van der Waals surface area contributed by atoms with Crippen LogP contribution in [0.25, 0.3) is 0 Å². The molecule has 57 heavy (non-hydrogen) atoms. The quantitative estimate of drug-likeness (QED) is 0.153. The Morgan fingerprint density at radius 2 is 1.56 bits per heavy atom. The molecule has 0 aromatic rings. The number of ketones is 2. The van der Waals surface area contributed by atoms with Crippen molar-refractivity contribution in [1.82, 2.24) is 4.90 Å². The number of aliphatic hydroxyl groups excluding tert-OH is 2. The average molecular weight is 808 g/mol. The number of fused-ring (bicyclic) bond motifs is 4. The molecule has 1 amide bonds. The molecule has 4 aliphatic heterocycles. The number of epoxide rings is 1. The largest absolute Gasteiger partial charge is 0.456 e. The Kier molecular flexibility index (Phi) is 15.2. The van der Waals surface area contributed by atoms with Gasteiger partial charge in [-0.15, -0.1) is 0 Å². The van der Waals surface area contributed by atoms with E-state index in [9.17, 15) is 34.5 Å². The Labute approximate surface area is 338 Å². The van der Waals surface area contributed by atoms with Crippen molar-refractivity contribution in [3.05, 3.63) is 11.6 Å². The third kappa shape index (κ3) is 9.85. The van der Waals surface area contributed by atoms with Gasteiger partial charge in [0, 0.05) is 52.0 Å². The van der Waals surface area contributed by atoms with Gasteiger partial charge in [0.2, 0.25) is 5.79 Å². The highest BCUT2D eigenvalue weighted by Gasteiger charge is 2.59. The fourth-order valence-corrected chi connectivity index (χ4v) is 10.2. The van der Waals surface area contributed by atoms with E-state index in [-0.39, 0.29) is 55.6 Å². The van der Waals surface area contributed by atoms with Crippen LogP contribution in [-0.2, 0) is 47.6 Å². The molecule has 4 saturated heterocycles. The molecule has 5 fully saturated rings. The first-order valence-electron chi connectivity index (χ1n) is 21.2. The highest BCUT2D eigenvalue weighted by atomic mass is 16.7. The van der Waals surface area contributed by atoms with Gasteiger partial charge < -0.3 is 48.6 Å². The predicted molar refractivity (Wildman–Crippen MR) is 208 cm³/mol. The Balaban J connectivity index is 1.52. The van der Waals surface area contributed by atoms with Gasteiger partial charge in [-0.25, -0.2) is 4.79 Å². The lowest BCUT2D eigenvalue weighted by Gasteiger charge is -2.47. The molecule has 16 atom stereocenters. The maximum atomic E-state index is 14.3. The van der Waals surface area contributed by atoms with Crippen LogP contribution in [0.15, 0.2) is 11.6 Å². The van der Waals surface area contributed by atoms with Crippen LogP contribution in [0.2, 0.25) is 0 Å². The zero-order valence-corrected chi connectivity index (χ0v) is 35.5. The minimum absolute atomic E-state index is 0.00688. The van der Waals surface area contributed by atoms with Crippen molar-refractivity contribution in [2.45, 2.75) is 178 Å². The van der Waals surface area contributed by atoms with Gasteiger partial charge in [-0.2, -0.15) is 0 Å². The van der Waals surface area contributed by atoms with Gasteiger partial charge in [-0.1, -0.05) is 33.8 Å². The normalized spacial score (nSPS) is 44.7. The number of carbonyl (C=O) groups is 4. The zero-order valence-electron chi connectivity index (χ0n) is 35.5. The molecule has 5 rings (SSSR count). The summed E-state index contributed by atoms with van der Waals surface area (Å²) in [4.78, 5) is 58.0. The first-order valence-corrected chi connectivity index (χ1v) is 21.2. The van der Waals surface area contributed by atoms with Gasteiger partial charge in [0.1, 0.15) is 24.0 Å². The van der Waals surface area contributed by atoms with Gasteiger partial charge >= 0.3 is 5.97 Å². The Morgan fingerprint density at radius 3 is 2.21 bits per heavy atom. The second kappa shape index (κ2) is 19.0. The summed E-state index contributed by atoms with van der Waals surface area (Å²) in [6, 6.07) is -1.14. The standard InChI is InChI=1S/C43H69NO13/c1-10-28-32(47)21-31(46)26(5)36(24(3)18-27-14-15-30(45)33(20-27)52-7)55-41(50)29-13-11-12-16-44(29)40(49)38(48)43(51)25(4)19-35(54-9)37(56-43)34(53-8)17-23(2)22-42(6)39(28)57-42/h18,23,25-31,33-37,39,45-46,51H,10-17,19-22H2,1-9H3/b24-18+/t23-,25-,26-,27+,28+,29+,30-,31+,33-,34+,35+,36-,37-,39?,42?,43-/m1/s1. The van der Waals surface area contributed by atoms with Crippen LogP contribution in [0.1, 0.15) is 112 Å². The molecule has 2 unspecified atom stereocenters. The van der Waals surface area contributed by atoms with Crippen molar-refractivity contribution in [3.63, 3.8) is 0 Å². The molecule has 4 heterocycles. The lowest BCUT2D eigenvalue weighted by Crippen LogP contribution is -2.64. The van der Waals surface area contributed by atoms with E-state index in [1.807, 2.05) is 33.8 Å². The smallest absolute Gasteiger partial charge is 0.329 e. The highest BCUT2D eigenvalue weighted by Crippen LogP contribution is 2.48. The Hall–Kier alpha value is -2.30. The summed E-state index contributed by atoms with van der Waals surface area (Å²) in [5.74, 6) is -7.65. The van der Waals surface area contributed by atoms with Crippen molar-refractivity contribution in [1.29, 1.82) is 0 Å². The monoisotopic (exact) mass is 807 g/mol. The van der Waals surface area contributed by atoms with E-state index in [2.05, 4.69) is 0 Å². The second-order valence-corrected chi connectivity index (χ2v) is 18.0. The molecular formula is C43H69NO13. The number of hydrogen-bond donors (Lipinski definition) is 3. The summed E-state index contributed by atoms with van der Waals surface area (Å²) in [7, 11) is 4.62. The zero-order chi connectivity index (χ0) is 42.0. The topological polar surface area (TPSA) is 191 Å². The molecule has 1 aliphatic carbocycles. The van der Waals surface area contributed by atoms with Crippen LogP contribution < -0.4 is 0 Å². The molecule has 14 nitrogen and oxygen atoms in total. The number of cyclic esters (lactones) is 1. The Bertz CT molecular complexity index is 1470. The van der Waals surface area contributed by atoms with Crippen molar-refractivity contribution in [2.24, 2.45) is 29.6 Å². The number of methoxy groups -OCH3 is 3. The molecule has 5 aliphatic rings. The minimum atomic E-state index is -2.51. The summed E-state index contributed by atoms with van der Waals surface area (Å²) in [5, 5.41) is 34.2. The van der Waals surface area contributed by atoms with Crippen molar-refractivity contribution < 1.29 is 62.9 Å². The number of ether oxygens (including phenoxy) is 6. The van der Waals surface area contributed by atoms with Crippen molar-refractivity contribution in [3.8, 4) is 0 Å². The van der Waals surface area contributed by atoms with Crippen molar-refractivity contribution in [2.75, 3.05) is 27.9 Å². The molecule has 0 aromatic carbocycles. The van der Waals surface area contributed by atoms with E-state index >= 15 is 0 Å². The van der Waals surface area contributed by atoms with Gasteiger partial charge in [-0.3, -0.25) is 14.4 Å². The number of hydrogen-bond acceptors (Lipinski definition) is 13. The van der Waals surface area contributed by atoms with E-state index in [0.29, 0.717) is 56.9 Å². The average Bonchev–Trinajstić information content (AvgIpc) is 3.84. The van der Waals surface area contributed by atoms with E-state index in [1.165, 1.54) is 19.1 Å². The van der Waals surface area contributed by atoms with E-state index in [1.54, 1.807) is 21.0 Å². The molecule has 324 valence electrons. The number of aliphatic hydroxyl groups is 3. The summed E-state index contributed by atoms with van der Waals surface area (Å²) < 4.78 is 36.1. The first-order chi connectivity index (χ1) is 26.9. The van der Waals surface area contributed by atoms with Crippen LogP contribution in [0.5, 0.6) is 0 Å². The first kappa shape index (κ1) is 45.8. The number of nitrogens with zero attached hydrogens (tertiary/aromatic N) is 1. The molecule has 0 spiro atoms. The Morgan fingerprint density at radius 1 is 0.895 bits per heavy atom. The van der Waals surface area contributed by atoms with E-state index in [4.69, 9.17) is 28.4 Å². The molecule has 0 aromatic heterocycles. The van der Waals surface area contributed by atoms with E-state index < -0.39 is 89.5 Å². The van der Waals surface area contributed by atoms with Crippen LogP contribution >= 0.6 is 0 Å². The number of esters is 1. The minimum Gasteiger partial charge on any atom is -0.456 e. The van der Waals surface area contributed by atoms with Crippen LogP contribution in [0.3, 0.4) is 0 Å². The molecule has 3 N–H and O–H groups in total. The van der Waals surface area contributed by atoms with Crippen LogP contribution in [0.4, 0.5) is 0 Å². The maximum absolute atomic E-state index is 14.3. The number of Topliss-reactive ketones (excluding diaryl/α,β-unsaturated/α-hetero) is 2. The number of rotatable bonds is 6. The van der Waals surface area contributed by atoms with Gasteiger partial charge in [-0.05, 0) is 95.5 Å². The fraction of sp³-hybridized carbons (Fsp3) is 0.860. The molecule has 14 heteroatoms.